The number of carbonyl (C=O) groups is 1. The summed E-state index contributed by atoms with van der Waals surface area (Å²) < 4.78 is 21.7. The minimum absolute atomic E-state index is 0.131. The van der Waals surface area contributed by atoms with Crippen LogP contribution in [0.5, 0.6) is 0 Å². The Kier molecular flexibility index (Phi) is 4.65. The molecule has 4 aromatic rings. The minimum atomic E-state index is -0.445. The van der Waals surface area contributed by atoms with Gasteiger partial charge in [-0.15, -0.1) is 0 Å². The summed E-state index contributed by atoms with van der Waals surface area (Å²) in [6.45, 7) is 3.36. The van der Waals surface area contributed by atoms with Crippen molar-refractivity contribution in [3.05, 3.63) is 60.0 Å². The number of carbonyl (C=O) groups excluding carboxylic acids is 1. The van der Waals surface area contributed by atoms with Crippen LogP contribution in [0.4, 0.5) is 15.8 Å². The number of hydrogen-bond acceptors (Lipinski definition) is 6. The maximum atomic E-state index is 14.6. The molecule has 1 saturated carbocycles. The summed E-state index contributed by atoms with van der Waals surface area (Å²) in [5, 5.41) is 6.16. The molecule has 0 unspecified atom stereocenters. The van der Waals surface area contributed by atoms with E-state index in [1.54, 1.807) is 36.7 Å². The largest absolute Gasteiger partial charge is 0.436 e. The molecule has 8 nitrogen and oxygen atoms in total. The van der Waals surface area contributed by atoms with Gasteiger partial charge in [0.05, 0.1) is 23.3 Å². The smallest absolute Gasteiger partial charge is 0.293 e. The van der Waals surface area contributed by atoms with Crippen LogP contribution >= 0.6 is 0 Å². The van der Waals surface area contributed by atoms with Crippen LogP contribution in [0, 0.1) is 19.7 Å². The standard InChI is InChI=1S/C22H21FN6O2/c1-12-20(31-13(2)25-12)21(30)27-15-6-7-18(23)17(8-15)19-11-29-10-16(9-24-22(29)28-19)26-14-4-3-5-14/h6-11,14,26H,3-5H2,1-2H3,(H,27,30). The highest BCUT2D eigenvalue weighted by molar-refractivity contribution is 6.03. The second kappa shape index (κ2) is 7.50. The Morgan fingerprint density at radius 1 is 1.19 bits per heavy atom. The number of nitrogens with one attached hydrogen (secondary N) is 2. The summed E-state index contributed by atoms with van der Waals surface area (Å²) in [6, 6.07) is 4.81. The maximum absolute atomic E-state index is 14.6. The molecule has 0 saturated heterocycles. The number of anilines is 2. The number of benzene rings is 1. The molecule has 9 heteroatoms. The first-order valence-electron chi connectivity index (χ1n) is 10.1. The van der Waals surface area contributed by atoms with Gasteiger partial charge in [0.1, 0.15) is 5.82 Å². The molecule has 1 aromatic carbocycles. The van der Waals surface area contributed by atoms with E-state index in [9.17, 15) is 9.18 Å². The van der Waals surface area contributed by atoms with Crippen molar-refractivity contribution in [2.24, 2.45) is 0 Å². The van der Waals surface area contributed by atoms with E-state index in [1.165, 1.54) is 18.6 Å². The van der Waals surface area contributed by atoms with Gasteiger partial charge in [-0.3, -0.25) is 9.20 Å². The lowest BCUT2D eigenvalue weighted by atomic mass is 9.93. The number of oxazole rings is 1. The van der Waals surface area contributed by atoms with Gasteiger partial charge >= 0.3 is 0 Å². The number of rotatable bonds is 5. The Bertz CT molecular complexity index is 1290. The van der Waals surface area contributed by atoms with Gasteiger partial charge in [-0.05, 0) is 44.4 Å². The Morgan fingerprint density at radius 3 is 2.74 bits per heavy atom. The number of amides is 1. The van der Waals surface area contributed by atoms with Gasteiger partial charge in [-0.2, -0.15) is 0 Å². The number of aryl methyl sites for hydroxylation is 2. The van der Waals surface area contributed by atoms with Crippen molar-refractivity contribution < 1.29 is 13.6 Å². The van der Waals surface area contributed by atoms with E-state index in [0.29, 0.717) is 34.8 Å². The third-order valence-corrected chi connectivity index (χ3v) is 5.40. The van der Waals surface area contributed by atoms with Gasteiger partial charge < -0.3 is 15.1 Å². The van der Waals surface area contributed by atoms with Crippen LogP contribution in [0.2, 0.25) is 0 Å². The molecule has 31 heavy (non-hydrogen) atoms. The highest BCUT2D eigenvalue weighted by Crippen LogP contribution is 2.27. The molecule has 0 radical (unpaired) electrons. The second-order valence-electron chi connectivity index (χ2n) is 7.74. The molecule has 1 aliphatic carbocycles. The molecular formula is C22H21FN6O2. The molecule has 0 bridgehead atoms. The molecule has 0 atom stereocenters. The topological polar surface area (TPSA) is 97.4 Å². The lowest BCUT2D eigenvalue weighted by Gasteiger charge is -2.27. The average Bonchev–Trinajstić information content (AvgIpc) is 3.28. The van der Waals surface area contributed by atoms with E-state index >= 15 is 0 Å². The predicted octanol–water partition coefficient (Wildman–Crippen LogP) is 4.36. The normalized spacial score (nSPS) is 13.9. The van der Waals surface area contributed by atoms with Crippen LogP contribution in [-0.4, -0.2) is 31.3 Å². The summed E-state index contributed by atoms with van der Waals surface area (Å²) in [6.07, 6.45) is 8.91. The average molecular weight is 420 g/mol. The molecule has 1 amide bonds. The lowest BCUT2D eigenvalue weighted by molar-refractivity contribution is 0.0994. The van der Waals surface area contributed by atoms with Crippen molar-refractivity contribution in [2.75, 3.05) is 10.6 Å². The number of aromatic nitrogens is 4. The first-order valence-corrected chi connectivity index (χ1v) is 10.1. The maximum Gasteiger partial charge on any atom is 0.293 e. The quantitative estimate of drug-likeness (QED) is 0.498. The fourth-order valence-corrected chi connectivity index (χ4v) is 3.61. The van der Waals surface area contributed by atoms with Crippen LogP contribution in [0.1, 0.15) is 41.4 Å². The van der Waals surface area contributed by atoms with Crippen molar-refractivity contribution in [3.63, 3.8) is 0 Å². The summed E-state index contributed by atoms with van der Waals surface area (Å²) in [5.74, 6) is 0.119. The highest BCUT2D eigenvalue weighted by Gasteiger charge is 2.19. The van der Waals surface area contributed by atoms with Gasteiger partial charge in [0.25, 0.3) is 5.91 Å². The fraction of sp³-hybridized carbons (Fsp3) is 0.273. The summed E-state index contributed by atoms with van der Waals surface area (Å²) in [7, 11) is 0. The van der Waals surface area contributed by atoms with E-state index in [4.69, 9.17) is 4.42 Å². The Morgan fingerprint density at radius 2 is 2.03 bits per heavy atom. The number of halogens is 1. The zero-order chi connectivity index (χ0) is 21.5. The van der Waals surface area contributed by atoms with E-state index in [2.05, 4.69) is 25.6 Å². The van der Waals surface area contributed by atoms with Crippen LogP contribution in [0.25, 0.3) is 17.0 Å². The molecule has 1 fully saturated rings. The molecular weight excluding hydrogens is 399 g/mol. The minimum Gasteiger partial charge on any atom is -0.436 e. The van der Waals surface area contributed by atoms with Crippen molar-refractivity contribution in [2.45, 2.75) is 39.2 Å². The van der Waals surface area contributed by atoms with Crippen LogP contribution in [-0.2, 0) is 0 Å². The Balaban J connectivity index is 1.42. The molecule has 3 aromatic heterocycles. The van der Waals surface area contributed by atoms with Crippen molar-refractivity contribution >= 4 is 23.1 Å². The number of fused-ring (bicyclic) bond motifs is 1. The molecule has 1 aliphatic rings. The van der Waals surface area contributed by atoms with Gasteiger partial charge in [-0.1, -0.05) is 0 Å². The van der Waals surface area contributed by atoms with Crippen molar-refractivity contribution in [3.8, 4) is 11.3 Å². The molecule has 158 valence electrons. The van der Waals surface area contributed by atoms with Crippen LogP contribution in [0.15, 0.2) is 41.2 Å². The lowest BCUT2D eigenvalue weighted by Crippen LogP contribution is -2.27. The first-order chi connectivity index (χ1) is 15.0. The highest BCUT2D eigenvalue weighted by atomic mass is 19.1. The molecule has 3 heterocycles. The van der Waals surface area contributed by atoms with Gasteiger partial charge in [-0.25, -0.2) is 19.3 Å². The Hall–Kier alpha value is -3.75. The summed E-state index contributed by atoms with van der Waals surface area (Å²) in [4.78, 5) is 25.4. The molecule has 5 rings (SSSR count). The zero-order valence-electron chi connectivity index (χ0n) is 17.1. The van der Waals surface area contributed by atoms with Crippen LogP contribution in [0.3, 0.4) is 0 Å². The number of imidazole rings is 1. The van der Waals surface area contributed by atoms with Gasteiger partial charge in [0, 0.05) is 36.6 Å². The van der Waals surface area contributed by atoms with Gasteiger partial charge in [0.15, 0.2) is 5.89 Å². The van der Waals surface area contributed by atoms with Gasteiger partial charge in [0.2, 0.25) is 11.5 Å². The Labute approximate surface area is 177 Å². The molecule has 0 spiro atoms. The summed E-state index contributed by atoms with van der Waals surface area (Å²) >= 11 is 0. The number of nitrogens with zero attached hydrogens (tertiary/aromatic N) is 4. The molecule has 0 aliphatic heterocycles. The SMILES string of the molecule is Cc1nc(C)c(C(=O)Nc2ccc(F)c(-c3cn4cc(NC5CCC5)cnc4n3)c2)o1. The van der Waals surface area contributed by atoms with Crippen LogP contribution < -0.4 is 10.6 Å². The predicted molar refractivity (Wildman–Crippen MR) is 114 cm³/mol. The fourth-order valence-electron chi connectivity index (χ4n) is 3.61. The third kappa shape index (κ3) is 3.74. The zero-order valence-corrected chi connectivity index (χ0v) is 17.1. The molecule has 2 N–H and O–H groups in total. The first kappa shape index (κ1) is 19.2. The third-order valence-electron chi connectivity index (χ3n) is 5.40. The van der Waals surface area contributed by atoms with E-state index in [-0.39, 0.29) is 11.3 Å². The second-order valence-corrected chi connectivity index (χ2v) is 7.74. The van der Waals surface area contributed by atoms with E-state index in [1.807, 2.05) is 6.20 Å². The van der Waals surface area contributed by atoms with Crippen molar-refractivity contribution in [1.29, 1.82) is 0 Å². The monoisotopic (exact) mass is 420 g/mol. The van der Waals surface area contributed by atoms with E-state index < -0.39 is 11.7 Å². The number of hydrogen-bond donors (Lipinski definition) is 2. The van der Waals surface area contributed by atoms with E-state index in [0.717, 1.165) is 18.5 Å². The summed E-state index contributed by atoms with van der Waals surface area (Å²) in [5.41, 5.74) is 2.51. The van der Waals surface area contributed by atoms with Crippen molar-refractivity contribution in [1.82, 2.24) is 19.4 Å².